The zero-order valence-electron chi connectivity index (χ0n) is 12.7. The first-order valence-electron chi connectivity index (χ1n) is 7.76. The number of benzene rings is 1. The van der Waals surface area contributed by atoms with Crippen LogP contribution in [0.25, 0.3) is 10.9 Å². The molecule has 0 N–H and O–H groups in total. The van der Waals surface area contributed by atoms with Gasteiger partial charge < -0.3 is 9.64 Å². The molecule has 3 rings (SSSR count). The molecular formula is C17H20ClFN2O. The highest BCUT2D eigenvalue weighted by Gasteiger charge is 2.23. The fraction of sp³-hybridized carbons (Fsp3) is 0.471. The summed E-state index contributed by atoms with van der Waals surface area (Å²) < 4.78 is 20.3. The number of fused-ring (bicyclic) bond motifs is 1. The van der Waals surface area contributed by atoms with Gasteiger partial charge in [-0.2, -0.15) is 0 Å². The molecule has 0 amide bonds. The van der Waals surface area contributed by atoms with Crippen molar-refractivity contribution in [2.75, 3.05) is 31.2 Å². The lowest BCUT2D eigenvalue weighted by Crippen LogP contribution is -2.37. The van der Waals surface area contributed by atoms with Gasteiger partial charge in [-0.15, -0.1) is 0 Å². The van der Waals surface area contributed by atoms with Gasteiger partial charge in [-0.1, -0.05) is 11.6 Å². The van der Waals surface area contributed by atoms with Crippen LogP contribution in [0.1, 0.15) is 19.8 Å². The second-order valence-electron chi connectivity index (χ2n) is 5.70. The molecule has 0 saturated carbocycles. The summed E-state index contributed by atoms with van der Waals surface area (Å²) in [5, 5.41) is 1.19. The Bertz CT molecular complexity index is 664. The smallest absolute Gasteiger partial charge is 0.172 e. The summed E-state index contributed by atoms with van der Waals surface area (Å²) in [5.74, 6) is 0.174. The molecule has 0 spiro atoms. The van der Waals surface area contributed by atoms with Crippen molar-refractivity contribution in [2.45, 2.75) is 19.8 Å². The van der Waals surface area contributed by atoms with Crippen LogP contribution in [-0.4, -0.2) is 31.3 Å². The molecule has 22 heavy (non-hydrogen) atoms. The Labute approximate surface area is 135 Å². The van der Waals surface area contributed by atoms with Crippen molar-refractivity contribution in [1.29, 1.82) is 0 Å². The number of nitrogens with zero attached hydrogens (tertiary/aromatic N) is 2. The number of hydrogen-bond donors (Lipinski definition) is 0. The molecule has 1 aliphatic heterocycles. The summed E-state index contributed by atoms with van der Waals surface area (Å²) in [6.45, 7) is 5.16. The first-order chi connectivity index (χ1) is 10.7. The maximum absolute atomic E-state index is 14.8. The molecule has 1 aliphatic rings. The zero-order valence-corrected chi connectivity index (χ0v) is 13.4. The Kier molecular flexibility index (Phi) is 4.79. The summed E-state index contributed by atoms with van der Waals surface area (Å²) in [7, 11) is 0. The SMILES string of the molecule is CCOCC1CCCN(c2ccc3c(Cl)ccnc3c2F)C1. The largest absolute Gasteiger partial charge is 0.381 e. The van der Waals surface area contributed by atoms with Gasteiger partial charge in [-0.25, -0.2) is 4.39 Å². The van der Waals surface area contributed by atoms with E-state index >= 15 is 0 Å². The van der Waals surface area contributed by atoms with E-state index in [-0.39, 0.29) is 5.82 Å². The van der Waals surface area contributed by atoms with Gasteiger partial charge in [0.05, 0.1) is 17.3 Å². The van der Waals surface area contributed by atoms with E-state index in [1.807, 2.05) is 19.1 Å². The molecule has 1 fully saturated rings. The Morgan fingerprint density at radius 1 is 1.41 bits per heavy atom. The van der Waals surface area contributed by atoms with Crippen LogP contribution in [-0.2, 0) is 4.74 Å². The molecule has 0 radical (unpaired) electrons. The van der Waals surface area contributed by atoms with Crippen LogP contribution in [0.5, 0.6) is 0 Å². The minimum atomic E-state index is -0.281. The van der Waals surface area contributed by atoms with E-state index in [1.54, 1.807) is 12.3 Å². The third-order valence-corrected chi connectivity index (χ3v) is 4.52. The Morgan fingerprint density at radius 2 is 2.27 bits per heavy atom. The molecule has 5 heteroatoms. The predicted octanol–water partition coefficient (Wildman–Crippen LogP) is 4.28. The van der Waals surface area contributed by atoms with Gasteiger partial charge in [0.1, 0.15) is 5.52 Å². The van der Waals surface area contributed by atoms with Gasteiger partial charge in [0.15, 0.2) is 5.82 Å². The maximum atomic E-state index is 14.8. The average molecular weight is 323 g/mol. The van der Waals surface area contributed by atoms with E-state index in [2.05, 4.69) is 9.88 Å². The monoisotopic (exact) mass is 322 g/mol. The zero-order chi connectivity index (χ0) is 15.5. The number of hydrogen-bond acceptors (Lipinski definition) is 3. The molecule has 1 aromatic heterocycles. The second-order valence-corrected chi connectivity index (χ2v) is 6.11. The highest BCUT2D eigenvalue weighted by molar-refractivity contribution is 6.35. The van der Waals surface area contributed by atoms with Gasteiger partial charge in [0, 0.05) is 31.3 Å². The van der Waals surface area contributed by atoms with Crippen LogP contribution in [0.15, 0.2) is 24.4 Å². The van der Waals surface area contributed by atoms with Crippen molar-refractivity contribution < 1.29 is 9.13 Å². The fourth-order valence-electron chi connectivity index (χ4n) is 3.09. The van der Waals surface area contributed by atoms with E-state index in [4.69, 9.17) is 16.3 Å². The van der Waals surface area contributed by atoms with Gasteiger partial charge in [-0.05, 0) is 43.9 Å². The van der Waals surface area contributed by atoms with Gasteiger partial charge in [-0.3, -0.25) is 4.98 Å². The first kappa shape index (κ1) is 15.5. The molecule has 0 aliphatic carbocycles. The fourth-order valence-corrected chi connectivity index (χ4v) is 3.30. The summed E-state index contributed by atoms with van der Waals surface area (Å²) in [6, 6.07) is 5.35. The minimum absolute atomic E-state index is 0.281. The van der Waals surface area contributed by atoms with Crippen molar-refractivity contribution in [1.82, 2.24) is 4.98 Å². The van der Waals surface area contributed by atoms with E-state index in [0.29, 0.717) is 27.5 Å². The molecule has 1 aromatic carbocycles. The summed E-state index contributed by atoms with van der Waals surface area (Å²) >= 11 is 6.11. The summed E-state index contributed by atoms with van der Waals surface area (Å²) in [4.78, 5) is 6.26. The lowest BCUT2D eigenvalue weighted by Gasteiger charge is -2.34. The Morgan fingerprint density at radius 3 is 3.09 bits per heavy atom. The first-order valence-corrected chi connectivity index (χ1v) is 8.14. The number of rotatable bonds is 4. The van der Waals surface area contributed by atoms with Crippen molar-refractivity contribution in [3.05, 3.63) is 35.2 Å². The molecule has 2 heterocycles. The van der Waals surface area contributed by atoms with Crippen LogP contribution < -0.4 is 4.90 Å². The van der Waals surface area contributed by atoms with E-state index in [0.717, 1.165) is 39.1 Å². The topological polar surface area (TPSA) is 25.4 Å². The average Bonchev–Trinajstić information content (AvgIpc) is 2.54. The van der Waals surface area contributed by atoms with Gasteiger partial charge in [0.2, 0.25) is 0 Å². The summed E-state index contributed by atoms with van der Waals surface area (Å²) in [5.41, 5.74) is 0.959. The molecule has 3 nitrogen and oxygen atoms in total. The van der Waals surface area contributed by atoms with E-state index in [1.165, 1.54) is 0 Å². The maximum Gasteiger partial charge on any atom is 0.172 e. The van der Waals surface area contributed by atoms with E-state index in [9.17, 15) is 4.39 Å². The van der Waals surface area contributed by atoms with Crippen molar-refractivity contribution in [3.63, 3.8) is 0 Å². The third kappa shape index (κ3) is 3.03. The van der Waals surface area contributed by atoms with Crippen LogP contribution in [0, 0.1) is 11.7 Å². The number of anilines is 1. The standard InChI is InChI=1S/C17H20ClFN2O/c1-2-22-11-12-4-3-9-21(10-12)15-6-5-13-14(18)7-8-20-17(13)16(15)19/h5-8,12H,2-4,9-11H2,1H3. The Hall–Kier alpha value is -1.39. The number of piperidine rings is 1. The van der Waals surface area contributed by atoms with Gasteiger partial charge >= 0.3 is 0 Å². The van der Waals surface area contributed by atoms with Crippen LogP contribution in [0.4, 0.5) is 10.1 Å². The normalized spacial score (nSPS) is 18.9. The number of ether oxygens (including phenoxy) is 1. The lowest BCUT2D eigenvalue weighted by atomic mass is 9.98. The van der Waals surface area contributed by atoms with Crippen LogP contribution >= 0.6 is 11.6 Å². The Balaban J connectivity index is 1.88. The molecule has 1 unspecified atom stereocenters. The second kappa shape index (κ2) is 6.80. The van der Waals surface area contributed by atoms with Crippen LogP contribution in [0.2, 0.25) is 5.02 Å². The minimum Gasteiger partial charge on any atom is -0.381 e. The quantitative estimate of drug-likeness (QED) is 0.840. The highest BCUT2D eigenvalue weighted by atomic mass is 35.5. The molecule has 2 aromatic rings. The molecule has 0 bridgehead atoms. The predicted molar refractivity (Wildman–Crippen MR) is 88.1 cm³/mol. The van der Waals surface area contributed by atoms with Crippen molar-refractivity contribution in [3.8, 4) is 0 Å². The van der Waals surface area contributed by atoms with Crippen molar-refractivity contribution in [2.24, 2.45) is 5.92 Å². The van der Waals surface area contributed by atoms with Gasteiger partial charge in [0.25, 0.3) is 0 Å². The lowest BCUT2D eigenvalue weighted by molar-refractivity contribution is 0.104. The molecule has 118 valence electrons. The number of aromatic nitrogens is 1. The summed E-state index contributed by atoms with van der Waals surface area (Å²) in [6.07, 6.45) is 3.74. The molecule has 1 saturated heterocycles. The van der Waals surface area contributed by atoms with Crippen LogP contribution in [0.3, 0.4) is 0 Å². The highest BCUT2D eigenvalue weighted by Crippen LogP contribution is 2.32. The molecule has 1 atom stereocenters. The third-order valence-electron chi connectivity index (χ3n) is 4.19. The van der Waals surface area contributed by atoms with E-state index < -0.39 is 0 Å². The molecular weight excluding hydrogens is 303 g/mol. The number of pyridine rings is 1. The van der Waals surface area contributed by atoms with Crippen molar-refractivity contribution >= 4 is 28.2 Å². The number of halogens is 2.